The number of carbonyl (C=O) groups is 3. The predicted octanol–water partition coefficient (Wildman–Crippen LogP) is 4.38. The molecule has 2 aromatic carbocycles. The number of esters is 2. The van der Waals surface area contributed by atoms with Crippen LogP contribution in [0.4, 0.5) is 34.1 Å². The molecule has 2 aromatic rings. The summed E-state index contributed by atoms with van der Waals surface area (Å²) in [5.41, 5.74) is -0.928. The molecular weight excluding hydrogens is 550 g/mol. The van der Waals surface area contributed by atoms with Crippen LogP contribution in [-0.2, 0) is 23.9 Å². The summed E-state index contributed by atoms with van der Waals surface area (Å²) in [7, 11) is 0. The molecule has 2 rings (SSSR count). The van der Waals surface area contributed by atoms with Crippen molar-refractivity contribution in [3.63, 3.8) is 0 Å². The summed E-state index contributed by atoms with van der Waals surface area (Å²) in [6, 6.07) is 6.26. The second kappa shape index (κ2) is 14.7. The van der Waals surface area contributed by atoms with Gasteiger partial charge in [-0.05, 0) is 36.0 Å². The lowest BCUT2D eigenvalue weighted by molar-refractivity contribution is -0.395. The number of nitrogens with zero attached hydrogens (tertiary/aromatic N) is 6. The molecule has 1 amide bonds. The van der Waals surface area contributed by atoms with Gasteiger partial charge in [-0.3, -0.25) is 34.6 Å². The van der Waals surface area contributed by atoms with Gasteiger partial charge in [-0.25, -0.2) is 0 Å². The average molecular weight is 574 g/mol. The minimum absolute atomic E-state index is 0.0270. The number of benzene rings is 2. The third-order valence-electron chi connectivity index (χ3n) is 4.86. The number of hydrogen-bond acceptors (Lipinski definition) is 14. The Morgan fingerprint density at radius 2 is 1.52 bits per heavy atom. The van der Waals surface area contributed by atoms with Gasteiger partial charge >= 0.3 is 17.6 Å². The summed E-state index contributed by atoms with van der Waals surface area (Å²) in [5.74, 6) is -1.42. The predicted molar refractivity (Wildman–Crippen MR) is 142 cm³/mol. The minimum Gasteiger partial charge on any atom is -0.464 e. The van der Waals surface area contributed by atoms with Crippen LogP contribution in [0.5, 0.6) is 0 Å². The third kappa shape index (κ3) is 9.33. The molecule has 0 aliphatic rings. The van der Waals surface area contributed by atoms with E-state index in [1.807, 2.05) is 0 Å². The fraction of sp³-hybridized carbons (Fsp3) is 0.304. The number of ether oxygens (including phenoxy) is 2. The van der Waals surface area contributed by atoms with Crippen molar-refractivity contribution in [1.29, 1.82) is 5.26 Å². The van der Waals surface area contributed by atoms with Crippen LogP contribution in [-0.4, -0.2) is 54.0 Å². The highest BCUT2D eigenvalue weighted by molar-refractivity contribution is 8.03. The summed E-state index contributed by atoms with van der Waals surface area (Å²) < 4.78 is 9.99. The third-order valence-corrected chi connectivity index (χ3v) is 5.50. The quantitative estimate of drug-likeness (QED) is 0.0880. The standard InChI is InChI=1S/C23H23N7O9S/c1-14(31)25-19-10-17(28(6-8-38-15(2)32)7-9-39-16(3)33)4-5-18(19)26-27-20-11-23(40-13-24)22(30(36)37)12-21(20)29(34)35/h4-5,10-12H,6-9H2,1-3H3,(H,25,31). The average Bonchev–Trinajstić information content (AvgIpc) is 2.86. The molecule has 0 saturated heterocycles. The molecule has 0 radical (unpaired) electrons. The highest BCUT2D eigenvalue weighted by atomic mass is 32.2. The lowest BCUT2D eigenvalue weighted by Crippen LogP contribution is -2.32. The Bertz CT molecular complexity index is 1370. The molecule has 0 aliphatic carbocycles. The van der Waals surface area contributed by atoms with Crippen molar-refractivity contribution in [2.45, 2.75) is 25.7 Å². The number of nitro benzene ring substituents is 2. The van der Waals surface area contributed by atoms with Crippen LogP contribution in [0.1, 0.15) is 20.8 Å². The number of rotatable bonds is 13. The number of amides is 1. The summed E-state index contributed by atoms with van der Waals surface area (Å²) in [4.78, 5) is 56.9. The van der Waals surface area contributed by atoms with Crippen LogP contribution < -0.4 is 10.2 Å². The number of carbonyl (C=O) groups excluding carboxylic acids is 3. The molecule has 0 saturated carbocycles. The smallest absolute Gasteiger partial charge is 0.303 e. The SMILES string of the molecule is CC(=O)Nc1cc(N(CCOC(C)=O)CCOC(C)=O)ccc1N=Nc1cc(SC#N)c([N+](=O)[O-])cc1[N+](=O)[O-]. The van der Waals surface area contributed by atoms with Crippen molar-refractivity contribution < 1.29 is 33.7 Å². The van der Waals surface area contributed by atoms with Crippen molar-refractivity contribution in [2.24, 2.45) is 10.2 Å². The van der Waals surface area contributed by atoms with Gasteiger partial charge in [0.25, 0.3) is 5.69 Å². The minimum atomic E-state index is -0.871. The number of nitriles is 1. The molecule has 1 N–H and O–H groups in total. The Labute approximate surface area is 231 Å². The Morgan fingerprint density at radius 1 is 0.950 bits per heavy atom. The zero-order valence-corrected chi connectivity index (χ0v) is 22.3. The van der Waals surface area contributed by atoms with E-state index in [1.165, 1.54) is 32.9 Å². The van der Waals surface area contributed by atoms with Crippen LogP contribution in [0, 0.1) is 30.9 Å². The zero-order chi connectivity index (χ0) is 29.8. The molecule has 210 valence electrons. The molecule has 16 nitrogen and oxygen atoms in total. The van der Waals surface area contributed by atoms with Gasteiger partial charge in [0.05, 0.1) is 34.7 Å². The number of nitro groups is 2. The van der Waals surface area contributed by atoms with Crippen LogP contribution in [0.2, 0.25) is 0 Å². The fourth-order valence-electron chi connectivity index (χ4n) is 3.22. The van der Waals surface area contributed by atoms with Crippen molar-refractivity contribution in [1.82, 2.24) is 0 Å². The molecule has 40 heavy (non-hydrogen) atoms. The molecule has 0 unspecified atom stereocenters. The summed E-state index contributed by atoms with van der Waals surface area (Å²) >= 11 is 0.434. The summed E-state index contributed by atoms with van der Waals surface area (Å²) in [6.07, 6.45) is 0. The van der Waals surface area contributed by atoms with Crippen LogP contribution in [0.3, 0.4) is 0 Å². The second-order valence-corrected chi connectivity index (χ2v) is 8.59. The summed E-state index contributed by atoms with van der Waals surface area (Å²) in [6.45, 7) is 4.26. The van der Waals surface area contributed by atoms with Gasteiger partial charge in [0, 0.05) is 26.5 Å². The first-order chi connectivity index (χ1) is 18.9. The topological polar surface area (TPSA) is 220 Å². The molecule has 0 bridgehead atoms. The number of hydrogen-bond donors (Lipinski definition) is 1. The molecule has 0 aliphatic heterocycles. The fourth-order valence-corrected chi connectivity index (χ4v) is 3.73. The number of thiocyanates is 1. The zero-order valence-electron chi connectivity index (χ0n) is 21.5. The van der Waals surface area contributed by atoms with Gasteiger partial charge in [0.1, 0.15) is 29.2 Å². The highest BCUT2D eigenvalue weighted by Crippen LogP contribution is 2.40. The number of azo groups is 1. The van der Waals surface area contributed by atoms with Crippen LogP contribution in [0.15, 0.2) is 45.5 Å². The van der Waals surface area contributed by atoms with Crippen molar-refractivity contribution in [3.05, 3.63) is 50.6 Å². The molecule has 0 spiro atoms. The van der Waals surface area contributed by atoms with E-state index in [2.05, 4.69) is 15.5 Å². The Kier molecular flexibility index (Phi) is 11.5. The first-order valence-electron chi connectivity index (χ1n) is 11.3. The number of anilines is 2. The maximum atomic E-state index is 11.9. The van der Waals surface area contributed by atoms with E-state index in [1.54, 1.807) is 16.4 Å². The van der Waals surface area contributed by atoms with Gasteiger partial charge in [-0.1, -0.05) is 0 Å². The van der Waals surface area contributed by atoms with Gasteiger partial charge in [-0.15, -0.1) is 10.2 Å². The van der Waals surface area contributed by atoms with E-state index in [9.17, 15) is 34.6 Å². The van der Waals surface area contributed by atoms with Gasteiger partial charge in [0.2, 0.25) is 5.91 Å². The normalized spacial score (nSPS) is 10.4. The Hall–Kier alpha value is -5.11. The summed E-state index contributed by atoms with van der Waals surface area (Å²) in [5, 5.41) is 44.0. The largest absolute Gasteiger partial charge is 0.464 e. The molecule has 0 heterocycles. The van der Waals surface area contributed by atoms with Crippen LogP contribution in [0.25, 0.3) is 0 Å². The van der Waals surface area contributed by atoms with Crippen molar-refractivity contribution in [3.8, 4) is 5.40 Å². The molecule has 0 fully saturated rings. The molecule has 0 atom stereocenters. The van der Waals surface area contributed by atoms with Crippen LogP contribution >= 0.6 is 11.8 Å². The number of nitrogens with one attached hydrogen (secondary N) is 1. The lowest BCUT2D eigenvalue weighted by Gasteiger charge is -2.25. The van der Waals surface area contributed by atoms with E-state index >= 15 is 0 Å². The Morgan fingerprint density at radius 3 is 2.02 bits per heavy atom. The van der Waals surface area contributed by atoms with E-state index in [0.717, 1.165) is 6.07 Å². The van der Waals surface area contributed by atoms with E-state index in [4.69, 9.17) is 14.7 Å². The first kappa shape index (κ1) is 31.1. The number of thioether (sulfide) groups is 1. The molecule has 0 aromatic heterocycles. The van der Waals surface area contributed by atoms with Crippen molar-refractivity contribution in [2.75, 3.05) is 36.5 Å². The highest BCUT2D eigenvalue weighted by Gasteiger charge is 2.25. The van der Waals surface area contributed by atoms with Gasteiger partial charge in [0.15, 0.2) is 5.69 Å². The lowest BCUT2D eigenvalue weighted by atomic mass is 10.2. The van der Waals surface area contributed by atoms with E-state index in [-0.39, 0.29) is 48.3 Å². The first-order valence-corrected chi connectivity index (χ1v) is 12.1. The monoisotopic (exact) mass is 573 g/mol. The maximum absolute atomic E-state index is 11.9. The van der Waals surface area contributed by atoms with E-state index in [0.29, 0.717) is 23.5 Å². The Balaban J connectivity index is 2.51. The molecular formula is C23H23N7O9S. The van der Waals surface area contributed by atoms with Crippen molar-refractivity contribution >= 4 is 63.7 Å². The molecule has 17 heteroatoms. The maximum Gasteiger partial charge on any atom is 0.303 e. The second-order valence-electron chi connectivity index (χ2n) is 7.77. The van der Waals surface area contributed by atoms with E-state index < -0.39 is 39.1 Å². The van der Waals surface area contributed by atoms with Gasteiger partial charge < -0.3 is 19.7 Å². The van der Waals surface area contributed by atoms with Gasteiger partial charge in [-0.2, -0.15) is 5.26 Å².